The van der Waals surface area contributed by atoms with Gasteiger partial charge in [-0.25, -0.2) is 9.97 Å². The fourth-order valence-corrected chi connectivity index (χ4v) is 3.55. The molecule has 0 amide bonds. The summed E-state index contributed by atoms with van der Waals surface area (Å²) < 4.78 is 42.1. The van der Waals surface area contributed by atoms with Crippen molar-refractivity contribution in [3.63, 3.8) is 0 Å². The second kappa shape index (κ2) is 7.62. The predicted molar refractivity (Wildman–Crippen MR) is 104 cm³/mol. The Morgan fingerprint density at radius 1 is 1.21 bits per heavy atom. The summed E-state index contributed by atoms with van der Waals surface area (Å²) in [5.41, 5.74) is 0.921. The lowest BCUT2D eigenvalue weighted by molar-refractivity contribution is -0.136. The van der Waals surface area contributed by atoms with Gasteiger partial charge in [-0.1, -0.05) is 11.6 Å². The first-order valence-corrected chi connectivity index (χ1v) is 9.11. The molecule has 0 N–H and O–H groups in total. The zero-order valence-electron chi connectivity index (χ0n) is 16.3. The van der Waals surface area contributed by atoms with Gasteiger partial charge in [0, 0.05) is 26.2 Å². The van der Waals surface area contributed by atoms with Gasteiger partial charge in [0.2, 0.25) is 0 Å². The zero-order chi connectivity index (χ0) is 21.5. The molecule has 3 aromatic rings. The Bertz CT molecular complexity index is 1070. The van der Waals surface area contributed by atoms with Gasteiger partial charge in [-0.05, 0) is 37.6 Å². The molecule has 0 saturated carbocycles. The van der Waals surface area contributed by atoms with Crippen molar-refractivity contribution in [3.8, 4) is 0 Å². The molecular weight excluding hydrogens is 407 g/mol. The van der Waals surface area contributed by atoms with Crippen molar-refractivity contribution < 1.29 is 18.0 Å². The van der Waals surface area contributed by atoms with E-state index in [9.17, 15) is 18.0 Å². The van der Waals surface area contributed by atoms with Crippen molar-refractivity contribution in [1.82, 2.24) is 19.7 Å². The van der Waals surface area contributed by atoms with E-state index in [1.54, 1.807) is 19.1 Å². The Kier molecular flexibility index (Phi) is 5.53. The lowest BCUT2D eigenvalue weighted by atomic mass is 10.1. The van der Waals surface area contributed by atoms with E-state index in [-0.39, 0.29) is 46.4 Å². The number of aromatic nitrogens is 4. The maximum Gasteiger partial charge on any atom is 0.417 e. The van der Waals surface area contributed by atoms with Gasteiger partial charge in [0.1, 0.15) is 11.0 Å². The van der Waals surface area contributed by atoms with Crippen molar-refractivity contribution >= 4 is 34.2 Å². The van der Waals surface area contributed by atoms with E-state index in [0.717, 1.165) is 6.07 Å². The summed E-state index contributed by atoms with van der Waals surface area (Å²) >= 11 is 5.91. The Morgan fingerprint density at radius 2 is 1.90 bits per heavy atom. The van der Waals surface area contributed by atoms with Crippen molar-refractivity contribution in [2.75, 3.05) is 18.5 Å². The minimum absolute atomic E-state index is 0.0367. The van der Waals surface area contributed by atoms with Crippen LogP contribution in [0.4, 0.5) is 19.0 Å². The summed E-state index contributed by atoms with van der Waals surface area (Å²) in [5, 5.41) is 4.30. The fourth-order valence-electron chi connectivity index (χ4n) is 3.28. The summed E-state index contributed by atoms with van der Waals surface area (Å²) in [4.78, 5) is 22.2. The monoisotopic (exact) mass is 425 g/mol. The molecule has 0 aliphatic rings. The molecule has 0 bridgehead atoms. The first-order chi connectivity index (χ1) is 13.5. The van der Waals surface area contributed by atoms with Crippen LogP contribution in [0.25, 0.3) is 11.0 Å². The third-order valence-electron chi connectivity index (χ3n) is 4.45. The number of pyridine rings is 2. The molecule has 0 unspecified atom stereocenters. The molecule has 0 aliphatic heterocycles. The first-order valence-electron chi connectivity index (χ1n) is 8.73. The highest BCUT2D eigenvalue weighted by molar-refractivity contribution is 6.29. The van der Waals surface area contributed by atoms with Crippen LogP contribution in [0.5, 0.6) is 0 Å². The number of fused-ring (bicyclic) bond motifs is 1. The van der Waals surface area contributed by atoms with Gasteiger partial charge in [-0.3, -0.25) is 9.48 Å². The zero-order valence-corrected chi connectivity index (χ0v) is 17.1. The Labute approximate surface area is 170 Å². The van der Waals surface area contributed by atoms with E-state index >= 15 is 0 Å². The molecule has 0 fully saturated rings. The number of nitrogens with zero attached hydrogens (tertiary/aromatic N) is 5. The van der Waals surface area contributed by atoms with Crippen molar-refractivity contribution in [2.45, 2.75) is 26.4 Å². The number of halogens is 4. The highest BCUT2D eigenvalue weighted by atomic mass is 35.5. The number of likely N-dealkylation sites (N-methyl/N-ethyl adjacent to an activating group) is 1. The molecule has 0 radical (unpaired) electrons. The Balaban J connectivity index is 1.89. The van der Waals surface area contributed by atoms with Crippen LogP contribution in [-0.2, 0) is 24.4 Å². The smallest absolute Gasteiger partial charge is 0.352 e. The van der Waals surface area contributed by atoms with Crippen LogP contribution in [0, 0.1) is 13.8 Å². The third-order valence-corrected chi connectivity index (χ3v) is 4.64. The summed E-state index contributed by atoms with van der Waals surface area (Å²) in [6, 6.07) is 4.29. The third kappa shape index (κ3) is 4.50. The van der Waals surface area contributed by atoms with Gasteiger partial charge in [-0.15, -0.1) is 0 Å². The van der Waals surface area contributed by atoms with Gasteiger partial charge in [0.05, 0.1) is 23.2 Å². The van der Waals surface area contributed by atoms with E-state index in [2.05, 4.69) is 15.1 Å². The van der Waals surface area contributed by atoms with E-state index in [1.807, 2.05) is 0 Å². The second-order valence-corrected chi connectivity index (χ2v) is 7.33. The van der Waals surface area contributed by atoms with E-state index in [4.69, 9.17) is 11.6 Å². The van der Waals surface area contributed by atoms with Gasteiger partial charge in [0.25, 0.3) is 0 Å². The number of ketones is 1. The van der Waals surface area contributed by atoms with Gasteiger partial charge in [0.15, 0.2) is 11.4 Å². The number of aryl methyl sites for hydroxylation is 3. The molecule has 3 rings (SSSR count). The Hall–Kier alpha value is -2.68. The number of carbonyl (C=O) groups is 1. The molecule has 10 heteroatoms. The molecule has 0 saturated heterocycles. The molecule has 0 spiro atoms. The first kappa shape index (κ1) is 21.0. The van der Waals surface area contributed by atoms with E-state index < -0.39 is 11.7 Å². The normalized spacial score (nSPS) is 11.9. The summed E-state index contributed by atoms with van der Waals surface area (Å²) in [7, 11) is 3.06. The maximum absolute atomic E-state index is 13.6. The maximum atomic E-state index is 13.6. The SMILES string of the molecule is Cc1cc(CC(=O)CN(C)c2cc(C(F)(F)F)c3c(C)nn(C)c3n2)cc(Cl)n1. The standard InChI is InChI=1S/C19H19ClF3N5O/c1-10-5-12(7-15(20)24-10)6-13(29)9-27(3)16-8-14(19(21,22)23)17-11(2)26-28(4)18(17)25-16/h5,7-8H,6,9H2,1-4H3. The van der Waals surface area contributed by atoms with Crippen LogP contribution in [0.3, 0.4) is 0 Å². The number of carbonyl (C=O) groups excluding carboxylic acids is 1. The van der Waals surface area contributed by atoms with Crippen LogP contribution >= 0.6 is 11.6 Å². The molecule has 0 aliphatic carbocycles. The molecule has 6 nitrogen and oxygen atoms in total. The number of alkyl halides is 3. The van der Waals surface area contributed by atoms with Crippen LogP contribution in [0.1, 0.15) is 22.5 Å². The molecule has 0 aromatic carbocycles. The van der Waals surface area contributed by atoms with Gasteiger partial charge in [-0.2, -0.15) is 18.3 Å². The molecule has 29 heavy (non-hydrogen) atoms. The average Bonchev–Trinajstić information content (AvgIpc) is 2.86. The van der Waals surface area contributed by atoms with E-state index in [0.29, 0.717) is 11.3 Å². The highest BCUT2D eigenvalue weighted by Crippen LogP contribution is 2.37. The van der Waals surface area contributed by atoms with Gasteiger partial charge < -0.3 is 4.90 Å². The number of anilines is 1. The average molecular weight is 426 g/mol. The highest BCUT2D eigenvalue weighted by Gasteiger charge is 2.35. The molecule has 3 heterocycles. The van der Waals surface area contributed by atoms with Crippen molar-refractivity contribution in [1.29, 1.82) is 0 Å². The molecule has 3 aromatic heterocycles. The van der Waals surface area contributed by atoms with Crippen LogP contribution < -0.4 is 4.90 Å². The van der Waals surface area contributed by atoms with Crippen molar-refractivity contribution in [3.05, 3.63) is 45.9 Å². The topological polar surface area (TPSA) is 63.9 Å². The number of Topliss-reactive ketones (excluding diaryl/α,β-unsaturated/α-hetero) is 1. The summed E-state index contributed by atoms with van der Waals surface area (Å²) in [6.45, 7) is 3.17. The lowest BCUT2D eigenvalue weighted by Crippen LogP contribution is -2.28. The molecule has 0 atom stereocenters. The molecule has 154 valence electrons. The Morgan fingerprint density at radius 3 is 2.52 bits per heavy atom. The number of rotatable bonds is 5. The largest absolute Gasteiger partial charge is 0.417 e. The molecular formula is C19H19ClF3N5O. The fraction of sp³-hybridized carbons (Fsp3) is 0.368. The summed E-state index contributed by atoms with van der Waals surface area (Å²) in [6.07, 6.45) is -4.48. The lowest BCUT2D eigenvalue weighted by Gasteiger charge is -2.19. The quantitative estimate of drug-likeness (QED) is 0.580. The second-order valence-electron chi connectivity index (χ2n) is 6.94. The number of hydrogen-bond acceptors (Lipinski definition) is 5. The minimum Gasteiger partial charge on any atom is -0.352 e. The van der Waals surface area contributed by atoms with E-state index in [1.165, 1.54) is 30.6 Å². The van der Waals surface area contributed by atoms with Crippen LogP contribution in [0.2, 0.25) is 5.15 Å². The van der Waals surface area contributed by atoms with Gasteiger partial charge >= 0.3 is 6.18 Å². The van der Waals surface area contributed by atoms with Crippen LogP contribution in [-0.4, -0.2) is 39.1 Å². The minimum atomic E-state index is -4.57. The van der Waals surface area contributed by atoms with Crippen molar-refractivity contribution in [2.24, 2.45) is 7.05 Å². The predicted octanol–water partition coefficient (Wildman–Crippen LogP) is 3.90. The number of hydrogen-bond donors (Lipinski definition) is 0. The van der Waals surface area contributed by atoms with Crippen LogP contribution in [0.15, 0.2) is 18.2 Å². The summed E-state index contributed by atoms with van der Waals surface area (Å²) in [5.74, 6) is -0.143.